The summed E-state index contributed by atoms with van der Waals surface area (Å²) in [6.07, 6.45) is 0.895. The number of para-hydroxylation sites is 1. The van der Waals surface area contributed by atoms with Crippen LogP contribution in [0.15, 0.2) is 206 Å². The first-order valence-electron chi connectivity index (χ1n) is 18.3. The van der Waals surface area contributed by atoms with Crippen LogP contribution in [-0.2, 0) is 6.42 Å². The van der Waals surface area contributed by atoms with E-state index in [9.17, 15) is 0 Å². The van der Waals surface area contributed by atoms with Gasteiger partial charge in [0.2, 0.25) is 0 Å². The maximum absolute atomic E-state index is 3.37. The summed E-state index contributed by atoms with van der Waals surface area (Å²) in [4.78, 5) is 2.27. The molecule has 0 saturated heterocycles. The Hall–Kier alpha value is -6.88. The zero-order valence-corrected chi connectivity index (χ0v) is 29.4. The van der Waals surface area contributed by atoms with Crippen LogP contribution in [0.2, 0.25) is 0 Å². The van der Waals surface area contributed by atoms with Crippen molar-refractivity contribution in [3.05, 3.63) is 235 Å². The van der Waals surface area contributed by atoms with E-state index in [1.807, 2.05) is 12.1 Å². The molecule has 0 atom stereocenters. The molecule has 9 aromatic carbocycles. The van der Waals surface area contributed by atoms with E-state index in [0.29, 0.717) is 0 Å². The quantitative estimate of drug-likeness (QED) is 0.138. The van der Waals surface area contributed by atoms with Gasteiger partial charge in [-0.2, -0.15) is 0 Å². The molecule has 53 heavy (non-hydrogen) atoms. The van der Waals surface area contributed by atoms with Crippen LogP contribution in [0.4, 0.5) is 17.1 Å². The van der Waals surface area contributed by atoms with Gasteiger partial charge in [-0.05, 0) is 109 Å². The summed E-state index contributed by atoms with van der Waals surface area (Å²) >= 11 is 0. The SMILES string of the molecule is c1cccc(N(c2ccccc2)c2ccc3c(-c4ccccc4)c4cc(CC(c5ccccc5)c5ccccc5)ccc4c(-c4ccccc4)c3c2)c#1. The van der Waals surface area contributed by atoms with Gasteiger partial charge in [0.15, 0.2) is 0 Å². The van der Waals surface area contributed by atoms with Crippen molar-refractivity contribution in [3.8, 4) is 22.3 Å². The van der Waals surface area contributed by atoms with E-state index < -0.39 is 0 Å². The van der Waals surface area contributed by atoms with Crippen LogP contribution >= 0.6 is 0 Å². The fourth-order valence-corrected chi connectivity index (χ4v) is 7.88. The molecule has 0 N–H and O–H groups in total. The Morgan fingerprint density at radius 3 is 1.47 bits per heavy atom. The molecule has 0 aliphatic heterocycles. The molecule has 0 unspecified atom stereocenters. The second kappa shape index (κ2) is 14.4. The summed E-state index contributed by atoms with van der Waals surface area (Å²) in [6.45, 7) is 0. The van der Waals surface area contributed by atoms with E-state index in [0.717, 1.165) is 23.5 Å². The highest BCUT2D eigenvalue weighted by Crippen LogP contribution is 2.46. The Morgan fingerprint density at radius 2 is 0.925 bits per heavy atom. The minimum absolute atomic E-state index is 0.239. The van der Waals surface area contributed by atoms with Gasteiger partial charge in [-0.15, -0.1) is 0 Å². The summed E-state index contributed by atoms with van der Waals surface area (Å²) in [5.41, 5.74) is 12.0. The van der Waals surface area contributed by atoms with E-state index in [2.05, 4.69) is 211 Å². The van der Waals surface area contributed by atoms with Gasteiger partial charge in [0.05, 0.1) is 5.69 Å². The number of hydrogen-bond acceptors (Lipinski definition) is 1. The van der Waals surface area contributed by atoms with Crippen molar-refractivity contribution in [3.63, 3.8) is 0 Å². The molecule has 1 nitrogen and oxygen atoms in total. The van der Waals surface area contributed by atoms with E-state index in [1.165, 1.54) is 60.5 Å². The molecular formula is C52H37N. The molecule has 0 amide bonds. The van der Waals surface area contributed by atoms with Gasteiger partial charge in [0.1, 0.15) is 0 Å². The average Bonchev–Trinajstić information content (AvgIpc) is 3.24. The second-order valence-corrected chi connectivity index (χ2v) is 13.5. The highest BCUT2D eigenvalue weighted by Gasteiger charge is 2.21. The fourth-order valence-electron chi connectivity index (χ4n) is 7.88. The first kappa shape index (κ1) is 32.1. The van der Waals surface area contributed by atoms with Crippen molar-refractivity contribution in [2.75, 3.05) is 4.90 Å². The lowest BCUT2D eigenvalue weighted by Crippen LogP contribution is -2.09. The normalized spacial score (nSPS) is 11.1. The molecule has 0 aliphatic carbocycles. The molecule has 0 fully saturated rings. The van der Waals surface area contributed by atoms with Gasteiger partial charge in [0, 0.05) is 17.3 Å². The molecular weight excluding hydrogens is 639 g/mol. The standard InChI is InChI=1S/C52H37N/c1-7-19-39(20-8-1)48(40-21-9-2-10-22-40)35-38-31-33-46-49(36-38)51(41-23-11-3-12-24-41)47-34-32-45(37-50(47)52(46)42-25-13-4-14-26-42)53(43-27-15-5-16-28-43)44-29-17-6-18-30-44/h1-17,19-29,31-34,36-37,48H,35H2. The van der Waals surface area contributed by atoms with Gasteiger partial charge in [-0.25, -0.2) is 0 Å². The van der Waals surface area contributed by atoms with Gasteiger partial charge in [-0.1, -0.05) is 176 Å². The fraction of sp³-hybridized carbons (Fsp3) is 0.0385. The van der Waals surface area contributed by atoms with Gasteiger partial charge >= 0.3 is 0 Å². The smallest absolute Gasteiger partial charge is 0.0973 e. The Bertz CT molecular complexity index is 2520. The molecule has 1 heteroatoms. The van der Waals surface area contributed by atoms with Gasteiger partial charge in [-0.3, -0.25) is 0 Å². The molecule has 0 saturated carbocycles. The summed E-state index contributed by atoms with van der Waals surface area (Å²) in [5, 5.41) is 4.94. The predicted octanol–water partition coefficient (Wildman–Crippen LogP) is 13.8. The van der Waals surface area contributed by atoms with Crippen LogP contribution in [0.1, 0.15) is 22.6 Å². The minimum atomic E-state index is 0.239. The topological polar surface area (TPSA) is 3.24 Å². The average molecular weight is 676 g/mol. The molecule has 0 aromatic heterocycles. The molecule has 0 bridgehead atoms. The Balaban J connectivity index is 1.31. The van der Waals surface area contributed by atoms with Gasteiger partial charge < -0.3 is 4.90 Å². The third kappa shape index (κ3) is 6.33. The van der Waals surface area contributed by atoms with E-state index >= 15 is 0 Å². The van der Waals surface area contributed by atoms with Crippen molar-refractivity contribution in [1.82, 2.24) is 0 Å². The third-order valence-electron chi connectivity index (χ3n) is 10.3. The Morgan fingerprint density at radius 1 is 0.415 bits per heavy atom. The van der Waals surface area contributed by atoms with Crippen molar-refractivity contribution in [1.29, 1.82) is 0 Å². The lowest BCUT2D eigenvalue weighted by Gasteiger charge is -2.26. The van der Waals surface area contributed by atoms with Crippen molar-refractivity contribution in [2.45, 2.75) is 12.3 Å². The van der Waals surface area contributed by atoms with Crippen LogP contribution in [0.25, 0.3) is 43.8 Å². The molecule has 0 aliphatic rings. The number of rotatable bonds is 9. The molecule has 9 aromatic rings. The lowest BCUT2D eigenvalue weighted by atomic mass is 9.82. The van der Waals surface area contributed by atoms with Crippen LogP contribution < -0.4 is 4.90 Å². The molecule has 0 heterocycles. The van der Waals surface area contributed by atoms with Gasteiger partial charge in [0.25, 0.3) is 0 Å². The number of benzene rings is 8. The second-order valence-electron chi connectivity index (χ2n) is 13.5. The van der Waals surface area contributed by atoms with E-state index in [-0.39, 0.29) is 5.92 Å². The molecule has 9 rings (SSSR count). The number of nitrogens with zero attached hydrogens (tertiary/aromatic N) is 1. The predicted molar refractivity (Wildman–Crippen MR) is 223 cm³/mol. The largest absolute Gasteiger partial charge is 0.303 e. The summed E-state index contributed by atoms with van der Waals surface area (Å²) in [5.74, 6) is 0.239. The highest BCUT2D eigenvalue weighted by atomic mass is 15.1. The first-order chi connectivity index (χ1) is 26.3. The molecule has 0 radical (unpaired) electrons. The Labute approximate surface area is 312 Å². The van der Waals surface area contributed by atoms with E-state index in [1.54, 1.807) is 0 Å². The summed E-state index contributed by atoms with van der Waals surface area (Å²) < 4.78 is 0. The zero-order chi connectivity index (χ0) is 35.4. The third-order valence-corrected chi connectivity index (χ3v) is 10.3. The van der Waals surface area contributed by atoms with Crippen LogP contribution in [0.3, 0.4) is 0 Å². The molecule has 0 spiro atoms. The van der Waals surface area contributed by atoms with Crippen LogP contribution in [0, 0.1) is 12.1 Å². The maximum Gasteiger partial charge on any atom is 0.0973 e. The van der Waals surface area contributed by atoms with Crippen molar-refractivity contribution >= 4 is 38.6 Å². The first-order valence-corrected chi connectivity index (χ1v) is 18.3. The maximum atomic E-state index is 3.37. The van der Waals surface area contributed by atoms with Crippen LogP contribution in [0.5, 0.6) is 0 Å². The zero-order valence-electron chi connectivity index (χ0n) is 29.4. The number of hydrogen-bond donors (Lipinski definition) is 0. The minimum Gasteiger partial charge on any atom is -0.303 e. The number of fused-ring (bicyclic) bond motifs is 2. The monoisotopic (exact) mass is 675 g/mol. The highest BCUT2D eigenvalue weighted by molar-refractivity contribution is 6.22. The summed E-state index contributed by atoms with van der Waals surface area (Å²) in [7, 11) is 0. The molecule has 250 valence electrons. The lowest BCUT2D eigenvalue weighted by molar-refractivity contribution is 0.806. The summed E-state index contributed by atoms with van der Waals surface area (Å²) in [6, 6.07) is 80.9. The van der Waals surface area contributed by atoms with Crippen molar-refractivity contribution < 1.29 is 0 Å². The van der Waals surface area contributed by atoms with E-state index in [4.69, 9.17) is 0 Å². The number of anilines is 3. The Kier molecular flexibility index (Phi) is 8.70. The van der Waals surface area contributed by atoms with Crippen molar-refractivity contribution in [2.24, 2.45) is 0 Å². The van der Waals surface area contributed by atoms with Crippen LogP contribution in [-0.4, -0.2) is 0 Å².